The van der Waals surface area contributed by atoms with Crippen LogP contribution in [0.4, 0.5) is 0 Å². The molecule has 0 fully saturated rings. The van der Waals surface area contributed by atoms with E-state index in [0.29, 0.717) is 11.8 Å². The maximum atomic E-state index is 5.10. The summed E-state index contributed by atoms with van der Waals surface area (Å²) >= 11 is 0. The molecule has 0 N–H and O–H groups in total. The zero-order chi connectivity index (χ0) is 12.8. The zero-order valence-corrected chi connectivity index (χ0v) is 11.5. The number of hydrogen-bond donors (Lipinski definition) is 0. The van der Waals surface area contributed by atoms with E-state index in [1.807, 2.05) is 0 Å². The van der Waals surface area contributed by atoms with Gasteiger partial charge in [0.25, 0.3) is 0 Å². The minimum Gasteiger partial charge on any atom is -0.282 e. The molecule has 1 heteroatoms. The highest BCUT2D eigenvalue weighted by Crippen LogP contribution is 2.43. The molecular formula is C17H21N. The molecule has 1 nitrogen and oxygen atoms in total. The zero-order valence-electron chi connectivity index (χ0n) is 11.5. The van der Waals surface area contributed by atoms with Gasteiger partial charge in [-0.2, -0.15) is 0 Å². The molecule has 2 bridgehead atoms. The van der Waals surface area contributed by atoms with Crippen molar-refractivity contribution in [1.29, 1.82) is 0 Å². The predicted octanol–water partition coefficient (Wildman–Crippen LogP) is 4.24. The second-order valence-corrected chi connectivity index (χ2v) is 6.19. The summed E-state index contributed by atoms with van der Waals surface area (Å²) in [5, 5.41) is 0. The molecule has 1 aromatic carbocycles. The Balaban J connectivity index is 2.09. The van der Waals surface area contributed by atoms with Gasteiger partial charge in [0.2, 0.25) is 0 Å². The van der Waals surface area contributed by atoms with Crippen LogP contribution in [0.5, 0.6) is 0 Å². The molecule has 94 valence electrons. The lowest BCUT2D eigenvalue weighted by Gasteiger charge is -2.43. The van der Waals surface area contributed by atoms with E-state index in [-0.39, 0.29) is 5.54 Å². The quantitative estimate of drug-likeness (QED) is 0.650. The Morgan fingerprint density at radius 2 is 1.89 bits per heavy atom. The van der Waals surface area contributed by atoms with Crippen LogP contribution in [0.3, 0.4) is 0 Å². The Morgan fingerprint density at radius 1 is 1.17 bits per heavy atom. The minimum absolute atomic E-state index is 0.0822. The van der Waals surface area contributed by atoms with Gasteiger partial charge in [0.1, 0.15) is 0 Å². The van der Waals surface area contributed by atoms with Crippen LogP contribution in [0.2, 0.25) is 0 Å². The number of rotatable bonds is 1. The van der Waals surface area contributed by atoms with E-state index in [2.05, 4.69) is 57.2 Å². The molecule has 1 aliphatic carbocycles. The van der Waals surface area contributed by atoms with Crippen LogP contribution in [-0.4, -0.2) is 11.3 Å². The molecule has 1 aliphatic heterocycles. The molecule has 18 heavy (non-hydrogen) atoms. The third-order valence-corrected chi connectivity index (χ3v) is 4.60. The smallest absolute Gasteiger partial charge is 0.0587 e. The van der Waals surface area contributed by atoms with Gasteiger partial charge in [0.15, 0.2) is 0 Å². The SMILES string of the molecule is CC1=CC[C@H]2C[C@@H]1C(c1ccccc1)=NC2(C)C. The van der Waals surface area contributed by atoms with Gasteiger partial charge in [0.05, 0.1) is 5.54 Å². The normalized spacial score (nSPS) is 29.5. The first-order valence-electron chi connectivity index (χ1n) is 6.90. The van der Waals surface area contributed by atoms with E-state index >= 15 is 0 Å². The molecule has 2 atom stereocenters. The predicted molar refractivity (Wildman–Crippen MR) is 77.0 cm³/mol. The topological polar surface area (TPSA) is 12.4 Å². The van der Waals surface area contributed by atoms with Crippen molar-refractivity contribution < 1.29 is 0 Å². The Bertz CT molecular complexity index is 508. The average Bonchev–Trinajstić information content (AvgIpc) is 2.37. The molecule has 0 radical (unpaired) electrons. The second-order valence-electron chi connectivity index (χ2n) is 6.19. The van der Waals surface area contributed by atoms with Gasteiger partial charge in [-0.15, -0.1) is 0 Å². The summed E-state index contributed by atoms with van der Waals surface area (Å²) in [6, 6.07) is 10.7. The van der Waals surface area contributed by atoms with Crippen LogP contribution in [0.1, 0.15) is 39.2 Å². The maximum Gasteiger partial charge on any atom is 0.0587 e. The highest BCUT2D eigenvalue weighted by atomic mass is 14.9. The molecule has 3 rings (SSSR count). The number of nitrogens with zero attached hydrogens (tertiary/aromatic N) is 1. The Labute approximate surface area is 110 Å². The van der Waals surface area contributed by atoms with Crippen molar-refractivity contribution in [1.82, 2.24) is 0 Å². The highest BCUT2D eigenvalue weighted by Gasteiger charge is 2.40. The molecular weight excluding hydrogens is 218 g/mol. The number of fused-ring (bicyclic) bond motifs is 2. The number of hydrogen-bond acceptors (Lipinski definition) is 1. The van der Waals surface area contributed by atoms with Crippen molar-refractivity contribution in [2.24, 2.45) is 16.8 Å². The second kappa shape index (κ2) is 4.08. The van der Waals surface area contributed by atoms with Gasteiger partial charge in [-0.25, -0.2) is 0 Å². The van der Waals surface area contributed by atoms with Crippen LogP contribution >= 0.6 is 0 Å². The lowest BCUT2D eigenvalue weighted by molar-refractivity contribution is 0.263. The minimum atomic E-state index is 0.0822. The van der Waals surface area contributed by atoms with E-state index in [1.165, 1.54) is 29.7 Å². The van der Waals surface area contributed by atoms with E-state index in [0.717, 1.165) is 0 Å². The largest absolute Gasteiger partial charge is 0.282 e. The van der Waals surface area contributed by atoms with Crippen LogP contribution < -0.4 is 0 Å². The summed E-state index contributed by atoms with van der Waals surface area (Å²) in [4.78, 5) is 5.10. The number of benzene rings is 1. The van der Waals surface area contributed by atoms with Crippen molar-refractivity contribution in [2.75, 3.05) is 0 Å². The van der Waals surface area contributed by atoms with Gasteiger partial charge in [-0.05, 0) is 45.1 Å². The van der Waals surface area contributed by atoms with Crippen molar-refractivity contribution in [3.8, 4) is 0 Å². The summed E-state index contributed by atoms with van der Waals surface area (Å²) in [6.45, 7) is 6.83. The van der Waals surface area contributed by atoms with Crippen molar-refractivity contribution >= 4 is 5.71 Å². The summed E-state index contributed by atoms with van der Waals surface area (Å²) in [7, 11) is 0. The van der Waals surface area contributed by atoms with Crippen LogP contribution in [0, 0.1) is 11.8 Å². The molecule has 0 spiro atoms. The van der Waals surface area contributed by atoms with E-state index in [9.17, 15) is 0 Å². The van der Waals surface area contributed by atoms with Gasteiger partial charge >= 0.3 is 0 Å². The number of aliphatic imine (C=N–C) groups is 1. The lowest BCUT2D eigenvalue weighted by Crippen LogP contribution is -2.41. The first-order valence-corrected chi connectivity index (χ1v) is 6.90. The van der Waals surface area contributed by atoms with Gasteiger partial charge in [-0.1, -0.05) is 42.0 Å². The third-order valence-electron chi connectivity index (χ3n) is 4.60. The third kappa shape index (κ3) is 1.82. The summed E-state index contributed by atoms with van der Waals surface area (Å²) in [5.74, 6) is 1.25. The lowest BCUT2D eigenvalue weighted by atomic mass is 9.68. The fourth-order valence-electron chi connectivity index (χ4n) is 3.30. The van der Waals surface area contributed by atoms with Gasteiger partial charge < -0.3 is 0 Å². The van der Waals surface area contributed by atoms with Gasteiger partial charge in [0, 0.05) is 11.6 Å². The molecule has 0 saturated carbocycles. The van der Waals surface area contributed by atoms with Gasteiger partial charge in [-0.3, -0.25) is 4.99 Å². The Hall–Kier alpha value is -1.37. The van der Waals surface area contributed by atoms with Crippen LogP contribution in [0.25, 0.3) is 0 Å². The maximum absolute atomic E-state index is 5.10. The standard InChI is InChI=1S/C17H21N/c1-12-9-10-14-11-15(12)16(18-17(14,2)3)13-7-5-4-6-8-13/h4-9,14-15H,10-11H2,1-3H3/t14-,15-/m0/s1. The molecule has 0 amide bonds. The molecule has 2 aliphatic rings. The first-order chi connectivity index (χ1) is 8.58. The molecule has 1 heterocycles. The average molecular weight is 239 g/mol. The Morgan fingerprint density at radius 3 is 2.61 bits per heavy atom. The molecule has 1 aromatic rings. The molecule has 0 saturated heterocycles. The van der Waals surface area contributed by atoms with E-state index < -0.39 is 0 Å². The van der Waals surface area contributed by atoms with E-state index in [4.69, 9.17) is 4.99 Å². The van der Waals surface area contributed by atoms with Crippen molar-refractivity contribution in [3.63, 3.8) is 0 Å². The first kappa shape index (κ1) is 11.7. The summed E-state index contributed by atoms with van der Waals surface area (Å²) in [6.07, 6.45) is 4.89. The monoisotopic (exact) mass is 239 g/mol. The fraction of sp³-hybridized carbons (Fsp3) is 0.471. The van der Waals surface area contributed by atoms with Crippen molar-refractivity contribution in [2.45, 2.75) is 39.2 Å². The highest BCUT2D eigenvalue weighted by molar-refractivity contribution is 6.04. The Kier molecular flexibility index (Phi) is 2.65. The number of allylic oxidation sites excluding steroid dienone is 2. The summed E-state index contributed by atoms with van der Waals surface area (Å²) < 4.78 is 0. The van der Waals surface area contributed by atoms with Crippen LogP contribution in [0.15, 0.2) is 47.0 Å². The molecule has 0 aromatic heterocycles. The molecule has 0 unspecified atom stereocenters. The van der Waals surface area contributed by atoms with Crippen LogP contribution in [-0.2, 0) is 0 Å². The summed E-state index contributed by atoms with van der Waals surface area (Å²) in [5.41, 5.74) is 4.18. The van der Waals surface area contributed by atoms with Crippen molar-refractivity contribution in [3.05, 3.63) is 47.5 Å². The fourth-order valence-corrected chi connectivity index (χ4v) is 3.30. The van der Waals surface area contributed by atoms with E-state index in [1.54, 1.807) is 0 Å².